The zero-order valence-corrected chi connectivity index (χ0v) is 11.8. The van der Waals surface area contributed by atoms with E-state index in [2.05, 4.69) is 10.3 Å². The summed E-state index contributed by atoms with van der Waals surface area (Å²) in [4.78, 5) is 11.2. The van der Waals surface area contributed by atoms with Gasteiger partial charge in [-0.05, 0) is 37.5 Å². The largest absolute Gasteiger partial charge is 0.494 e. The highest BCUT2D eigenvalue weighted by atomic mass is 16.5. The van der Waals surface area contributed by atoms with Crippen molar-refractivity contribution >= 4 is 5.97 Å². The summed E-state index contributed by atoms with van der Waals surface area (Å²) >= 11 is 0. The highest BCUT2D eigenvalue weighted by Gasteiger charge is 2.33. The molecule has 0 unspecified atom stereocenters. The average Bonchev–Trinajstić information content (AvgIpc) is 3.22. The Bertz CT molecular complexity index is 645. The van der Waals surface area contributed by atoms with Gasteiger partial charge in [0.1, 0.15) is 5.75 Å². The number of hydrogen-bond acceptors (Lipinski definition) is 4. The number of carboxylic acids is 1. The smallest absolute Gasteiger partial charge is 0.358 e. The van der Waals surface area contributed by atoms with Gasteiger partial charge in [-0.2, -0.15) is 0 Å². The molecule has 0 bridgehead atoms. The Morgan fingerprint density at radius 3 is 2.67 bits per heavy atom. The second-order valence-electron chi connectivity index (χ2n) is 5.14. The van der Waals surface area contributed by atoms with Gasteiger partial charge in [-0.3, -0.25) is 0 Å². The maximum atomic E-state index is 11.2. The highest BCUT2D eigenvalue weighted by molar-refractivity contribution is 5.86. The normalized spacial score (nSPS) is 14.1. The van der Waals surface area contributed by atoms with Crippen LogP contribution in [0, 0.1) is 0 Å². The topological polar surface area (TPSA) is 77.2 Å². The lowest BCUT2D eigenvalue weighted by atomic mass is 10.2. The van der Waals surface area contributed by atoms with E-state index < -0.39 is 5.97 Å². The highest BCUT2D eigenvalue weighted by Crippen LogP contribution is 2.41. The van der Waals surface area contributed by atoms with Gasteiger partial charge in [0.2, 0.25) is 0 Å². The fourth-order valence-electron chi connectivity index (χ4n) is 2.38. The average molecular weight is 287 g/mol. The second kappa shape index (κ2) is 5.55. The number of rotatable bonds is 6. The molecule has 1 N–H and O–H groups in total. The number of ether oxygens (including phenoxy) is 1. The molecule has 0 aliphatic heterocycles. The molecule has 1 aliphatic rings. The number of nitrogens with zero attached hydrogens (tertiary/aromatic N) is 3. The Hall–Kier alpha value is -2.37. The number of aromatic nitrogens is 3. The van der Waals surface area contributed by atoms with Crippen molar-refractivity contribution in [3.8, 4) is 5.75 Å². The van der Waals surface area contributed by atoms with E-state index in [0.717, 1.165) is 29.8 Å². The number of benzene rings is 1. The molecule has 6 heteroatoms. The van der Waals surface area contributed by atoms with Crippen LogP contribution in [0.2, 0.25) is 0 Å². The fourth-order valence-corrected chi connectivity index (χ4v) is 2.38. The first kappa shape index (κ1) is 13.6. The first-order chi connectivity index (χ1) is 10.2. The number of hydrogen-bond donors (Lipinski definition) is 1. The summed E-state index contributed by atoms with van der Waals surface area (Å²) in [5.41, 5.74) is 1.88. The fraction of sp³-hybridized carbons (Fsp3) is 0.400. The Morgan fingerprint density at radius 2 is 2.10 bits per heavy atom. The Kier molecular flexibility index (Phi) is 3.60. The third kappa shape index (κ3) is 2.89. The molecule has 0 amide bonds. The first-order valence-electron chi connectivity index (χ1n) is 7.07. The molecule has 1 heterocycles. The van der Waals surface area contributed by atoms with Gasteiger partial charge < -0.3 is 9.84 Å². The van der Waals surface area contributed by atoms with Crippen molar-refractivity contribution in [2.24, 2.45) is 0 Å². The van der Waals surface area contributed by atoms with Gasteiger partial charge in [0.25, 0.3) is 0 Å². The van der Waals surface area contributed by atoms with Gasteiger partial charge in [-0.15, -0.1) is 5.10 Å². The summed E-state index contributed by atoms with van der Waals surface area (Å²) in [6.07, 6.45) is 2.02. The van der Waals surface area contributed by atoms with Crippen LogP contribution in [-0.4, -0.2) is 32.7 Å². The number of carbonyl (C=O) groups is 1. The van der Waals surface area contributed by atoms with Crippen molar-refractivity contribution in [1.82, 2.24) is 15.0 Å². The van der Waals surface area contributed by atoms with Crippen LogP contribution in [0.3, 0.4) is 0 Å². The summed E-state index contributed by atoms with van der Waals surface area (Å²) in [6.45, 7) is 3.10. The SMILES string of the molecule is CCOc1ccc(Cn2nnc(C(=O)O)c2C2CC2)cc1. The molecule has 0 saturated heterocycles. The Labute approximate surface area is 122 Å². The van der Waals surface area contributed by atoms with Crippen LogP contribution in [0.5, 0.6) is 5.75 Å². The summed E-state index contributed by atoms with van der Waals surface area (Å²) in [5.74, 6) is 0.108. The maximum absolute atomic E-state index is 11.2. The van der Waals surface area contributed by atoms with Crippen LogP contribution < -0.4 is 4.74 Å². The van der Waals surface area contributed by atoms with Crippen molar-refractivity contribution in [3.05, 3.63) is 41.2 Å². The molecular formula is C15H17N3O3. The minimum Gasteiger partial charge on any atom is -0.494 e. The van der Waals surface area contributed by atoms with Crippen molar-refractivity contribution in [1.29, 1.82) is 0 Å². The molecule has 2 aromatic rings. The second-order valence-corrected chi connectivity index (χ2v) is 5.14. The molecular weight excluding hydrogens is 270 g/mol. The monoisotopic (exact) mass is 287 g/mol. The van der Waals surface area contributed by atoms with E-state index >= 15 is 0 Å². The van der Waals surface area contributed by atoms with Gasteiger partial charge in [0, 0.05) is 5.92 Å². The van der Waals surface area contributed by atoms with E-state index in [1.165, 1.54) is 0 Å². The molecule has 21 heavy (non-hydrogen) atoms. The van der Waals surface area contributed by atoms with E-state index in [4.69, 9.17) is 4.74 Å². The summed E-state index contributed by atoms with van der Waals surface area (Å²) in [6, 6.07) is 7.74. The molecule has 0 atom stereocenters. The standard InChI is InChI=1S/C15H17N3O3/c1-2-21-12-7-3-10(4-8-12)9-18-14(11-5-6-11)13(15(19)20)16-17-18/h3-4,7-8,11H,2,5-6,9H2,1H3,(H,19,20). The quantitative estimate of drug-likeness (QED) is 0.882. The minimum absolute atomic E-state index is 0.0865. The van der Waals surface area contributed by atoms with Crippen LogP contribution in [-0.2, 0) is 6.54 Å². The molecule has 0 spiro atoms. The van der Waals surface area contributed by atoms with E-state index in [9.17, 15) is 9.90 Å². The molecule has 1 aliphatic carbocycles. The van der Waals surface area contributed by atoms with Crippen LogP contribution >= 0.6 is 0 Å². The van der Waals surface area contributed by atoms with E-state index in [1.54, 1.807) is 4.68 Å². The van der Waals surface area contributed by atoms with Crippen LogP contribution in [0.15, 0.2) is 24.3 Å². The summed E-state index contributed by atoms with van der Waals surface area (Å²) < 4.78 is 7.11. The van der Waals surface area contributed by atoms with Gasteiger partial charge in [0.15, 0.2) is 5.69 Å². The maximum Gasteiger partial charge on any atom is 0.358 e. The zero-order chi connectivity index (χ0) is 14.8. The van der Waals surface area contributed by atoms with Crippen molar-refractivity contribution in [3.63, 3.8) is 0 Å². The lowest BCUT2D eigenvalue weighted by Gasteiger charge is -2.07. The van der Waals surface area contributed by atoms with Crippen LogP contribution in [0.4, 0.5) is 0 Å². The van der Waals surface area contributed by atoms with Crippen molar-refractivity contribution in [2.75, 3.05) is 6.61 Å². The predicted molar refractivity (Wildman–Crippen MR) is 75.7 cm³/mol. The molecule has 3 rings (SSSR count). The Morgan fingerprint density at radius 1 is 1.38 bits per heavy atom. The van der Waals surface area contributed by atoms with E-state index in [1.807, 2.05) is 31.2 Å². The van der Waals surface area contributed by atoms with Crippen molar-refractivity contribution in [2.45, 2.75) is 32.2 Å². The molecule has 1 aromatic carbocycles. The zero-order valence-electron chi connectivity index (χ0n) is 11.8. The lowest BCUT2D eigenvalue weighted by molar-refractivity contribution is 0.0689. The summed E-state index contributed by atoms with van der Waals surface area (Å²) in [5, 5.41) is 17.0. The lowest BCUT2D eigenvalue weighted by Crippen LogP contribution is -2.08. The van der Waals surface area contributed by atoms with Gasteiger partial charge in [-0.1, -0.05) is 17.3 Å². The number of carboxylic acid groups (broad SMARTS) is 1. The molecule has 0 radical (unpaired) electrons. The molecule has 6 nitrogen and oxygen atoms in total. The van der Waals surface area contributed by atoms with Crippen LogP contribution in [0.1, 0.15) is 47.4 Å². The molecule has 1 fully saturated rings. The summed E-state index contributed by atoms with van der Waals surface area (Å²) in [7, 11) is 0. The molecule has 1 aromatic heterocycles. The van der Waals surface area contributed by atoms with Crippen molar-refractivity contribution < 1.29 is 14.6 Å². The molecule has 110 valence electrons. The Balaban J connectivity index is 1.82. The predicted octanol–water partition coefficient (Wildman–Crippen LogP) is 2.30. The van der Waals surface area contributed by atoms with E-state index in [0.29, 0.717) is 13.2 Å². The van der Waals surface area contributed by atoms with E-state index in [-0.39, 0.29) is 11.6 Å². The van der Waals surface area contributed by atoms with Gasteiger partial charge in [-0.25, -0.2) is 9.48 Å². The minimum atomic E-state index is -1.00. The van der Waals surface area contributed by atoms with Gasteiger partial charge in [0.05, 0.1) is 18.8 Å². The third-order valence-corrected chi connectivity index (χ3v) is 3.51. The third-order valence-electron chi connectivity index (χ3n) is 3.51. The van der Waals surface area contributed by atoms with Crippen LogP contribution in [0.25, 0.3) is 0 Å². The first-order valence-corrected chi connectivity index (χ1v) is 7.07. The number of aromatic carboxylic acids is 1. The van der Waals surface area contributed by atoms with Gasteiger partial charge >= 0.3 is 5.97 Å². The molecule has 1 saturated carbocycles.